The summed E-state index contributed by atoms with van der Waals surface area (Å²) in [5, 5.41) is 0. The highest BCUT2D eigenvalue weighted by Crippen LogP contribution is 2.39. The van der Waals surface area contributed by atoms with Crippen LogP contribution in [0.5, 0.6) is 0 Å². The summed E-state index contributed by atoms with van der Waals surface area (Å²) in [6.45, 7) is 17.0. The predicted molar refractivity (Wildman–Crippen MR) is 72.3 cm³/mol. The van der Waals surface area contributed by atoms with Gasteiger partial charge in [0.05, 0.1) is 11.2 Å². The fraction of sp³-hybridized carbons (Fsp3) is 0.846. The lowest BCUT2D eigenvalue weighted by Crippen LogP contribution is -2.41. The molecule has 0 aliphatic carbocycles. The molecule has 0 N–H and O–H groups in total. The van der Waals surface area contributed by atoms with Gasteiger partial charge in [-0.05, 0) is 41.5 Å². The van der Waals surface area contributed by atoms with Gasteiger partial charge in [0.15, 0.2) is 6.29 Å². The van der Waals surface area contributed by atoms with Gasteiger partial charge < -0.3 is 18.8 Å². The SMILES string of the molecule is C=C(B1OC(C)(C)C(C)(C)O1)C(OCC)OCC. The summed E-state index contributed by atoms with van der Waals surface area (Å²) in [6, 6.07) is 0. The third-order valence-corrected chi connectivity index (χ3v) is 3.49. The maximum absolute atomic E-state index is 5.92. The molecule has 0 bridgehead atoms. The van der Waals surface area contributed by atoms with Crippen molar-refractivity contribution in [3.63, 3.8) is 0 Å². The van der Waals surface area contributed by atoms with Crippen molar-refractivity contribution in [1.29, 1.82) is 0 Å². The first kappa shape index (κ1) is 15.7. The van der Waals surface area contributed by atoms with Gasteiger partial charge in [0.1, 0.15) is 0 Å². The van der Waals surface area contributed by atoms with E-state index in [1.807, 2.05) is 41.5 Å². The van der Waals surface area contributed by atoms with Crippen LogP contribution in [0.15, 0.2) is 12.1 Å². The first-order valence-electron chi connectivity index (χ1n) is 6.52. The minimum Gasteiger partial charge on any atom is -0.399 e. The van der Waals surface area contributed by atoms with Gasteiger partial charge in [-0.15, -0.1) is 0 Å². The van der Waals surface area contributed by atoms with Crippen molar-refractivity contribution in [2.24, 2.45) is 0 Å². The van der Waals surface area contributed by atoms with Crippen LogP contribution in [0, 0.1) is 0 Å². The number of hydrogen-bond acceptors (Lipinski definition) is 4. The molecule has 0 saturated carbocycles. The van der Waals surface area contributed by atoms with Crippen molar-refractivity contribution in [3.05, 3.63) is 12.1 Å². The summed E-state index contributed by atoms with van der Waals surface area (Å²) in [6.07, 6.45) is -0.477. The Morgan fingerprint density at radius 2 is 1.44 bits per heavy atom. The molecule has 1 saturated heterocycles. The molecule has 0 atom stereocenters. The fourth-order valence-electron chi connectivity index (χ4n) is 1.67. The van der Waals surface area contributed by atoms with E-state index >= 15 is 0 Å². The zero-order valence-electron chi connectivity index (χ0n) is 12.4. The van der Waals surface area contributed by atoms with E-state index in [1.165, 1.54) is 0 Å². The monoisotopic (exact) mass is 256 g/mol. The molecule has 0 spiro atoms. The van der Waals surface area contributed by atoms with Crippen LogP contribution in [-0.4, -0.2) is 37.8 Å². The van der Waals surface area contributed by atoms with Gasteiger partial charge in [-0.1, -0.05) is 6.58 Å². The second kappa shape index (κ2) is 5.74. The quantitative estimate of drug-likeness (QED) is 0.540. The highest BCUT2D eigenvalue weighted by atomic mass is 16.7. The van der Waals surface area contributed by atoms with Crippen LogP contribution < -0.4 is 0 Å². The summed E-state index contributed by atoms with van der Waals surface area (Å²) in [5.41, 5.74) is -0.0648. The lowest BCUT2D eigenvalue weighted by Gasteiger charge is -2.32. The number of hydrogen-bond donors (Lipinski definition) is 0. The van der Waals surface area contributed by atoms with Gasteiger partial charge in [0.25, 0.3) is 0 Å². The van der Waals surface area contributed by atoms with Crippen LogP contribution >= 0.6 is 0 Å². The van der Waals surface area contributed by atoms with Crippen molar-refractivity contribution >= 4 is 7.12 Å². The van der Waals surface area contributed by atoms with Crippen molar-refractivity contribution in [2.75, 3.05) is 13.2 Å². The largest absolute Gasteiger partial charge is 0.495 e. The number of ether oxygens (including phenoxy) is 2. The third kappa shape index (κ3) is 3.15. The lowest BCUT2D eigenvalue weighted by molar-refractivity contribution is -0.108. The lowest BCUT2D eigenvalue weighted by atomic mass is 9.79. The van der Waals surface area contributed by atoms with E-state index in [0.29, 0.717) is 18.7 Å². The summed E-state index contributed by atoms with van der Waals surface area (Å²) in [7, 11) is -0.488. The van der Waals surface area contributed by atoms with Gasteiger partial charge in [0, 0.05) is 18.7 Å². The minimum atomic E-state index is -0.488. The molecule has 0 unspecified atom stereocenters. The molecule has 0 amide bonds. The zero-order valence-corrected chi connectivity index (χ0v) is 12.4. The van der Waals surface area contributed by atoms with Crippen LogP contribution in [0.3, 0.4) is 0 Å². The number of rotatable bonds is 6. The first-order chi connectivity index (χ1) is 8.25. The topological polar surface area (TPSA) is 36.9 Å². The van der Waals surface area contributed by atoms with Crippen LogP contribution in [0.4, 0.5) is 0 Å². The van der Waals surface area contributed by atoms with E-state index in [0.717, 1.165) is 0 Å². The second-order valence-corrected chi connectivity index (χ2v) is 5.41. The molecule has 0 radical (unpaired) electrons. The molecule has 104 valence electrons. The standard InChI is InChI=1S/C13H25BO4/c1-8-15-11(16-9-2)10(3)14-17-12(4,5)13(6,7)18-14/h11H,3,8-9H2,1-2,4-7H3. The van der Waals surface area contributed by atoms with Crippen LogP contribution in [0.2, 0.25) is 0 Å². The summed E-state index contributed by atoms with van der Waals surface area (Å²) < 4.78 is 22.9. The van der Waals surface area contributed by atoms with Crippen LogP contribution in [-0.2, 0) is 18.8 Å². The second-order valence-electron chi connectivity index (χ2n) is 5.41. The molecule has 5 heteroatoms. The molecule has 1 aliphatic heterocycles. The molecular weight excluding hydrogens is 231 g/mol. The van der Waals surface area contributed by atoms with E-state index < -0.39 is 13.4 Å². The predicted octanol–water partition coefficient (Wildman–Crippen LogP) is 2.57. The van der Waals surface area contributed by atoms with Crippen LogP contribution in [0.25, 0.3) is 0 Å². The smallest absolute Gasteiger partial charge is 0.399 e. The van der Waals surface area contributed by atoms with Crippen molar-refractivity contribution in [1.82, 2.24) is 0 Å². The van der Waals surface area contributed by atoms with Gasteiger partial charge in [-0.25, -0.2) is 0 Å². The molecule has 18 heavy (non-hydrogen) atoms. The minimum absolute atomic E-state index is 0.371. The van der Waals surface area contributed by atoms with E-state index in [-0.39, 0.29) is 11.2 Å². The Labute approximate surface area is 111 Å². The molecule has 1 aliphatic rings. The Hall–Kier alpha value is -0.355. The highest BCUT2D eigenvalue weighted by Gasteiger charge is 2.53. The van der Waals surface area contributed by atoms with Crippen LogP contribution in [0.1, 0.15) is 41.5 Å². The van der Waals surface area contributed by atoms with Crippen molar-refractivity contribution < 1.29 is 18.8 Å². The molecule has 0 aromatic rings. The first-order valence-corrected chi connectivity index (χ1v) is 6.52. The Kier molecular flexibility index (Phi) is 5.01. The average molecular weight is 256 g/mol. The summed E-state index contributed by atoms with van der Waals surface area (Å²) >= 11 is 0. The fourth-order valence-corrected chi connectivity index (χ4v) is 1.67. The van der Waals surface area contributed by atoms with Gasteiger partial charge in [-0.2, -0.15) is 0 Å². The van der Waals surface area contributed by atoms with Gasteiger partial charge in [-0.3, -0.25) is 0 Å². The molecule has 1 fully saturated rings. The Bertz CT molecular complexity index is 279. The molecule has 1 heterocycles. The highest BCUT2D eigenvalue weighted by molar-refractivity contribution is 6.54. The molecular formula is C13H25BO4. The maximum Gasteiger partial charge on any atom is 0.495 e. The molecule has 1 rings (SSSR count). The maximum atomic E-state index is 5.92. The van der Waals surface area contributed by atoms with Gasteiger partial charge >= 0.3 is 7.12 Å². The molecule has 0 aromatic carbocycles. The average Bonchev–Trinajstić information content (AvgIpc) is 2.47. The molecule has 4 nitrogen and oxygen atoms in total. The zero-order chi connectivity index (χ0) is 14.0. The van der Waals surface area contributed by atoms with Crippen molar-refractivity contribution in [2.45, 2.75) is 59.0 Å². The van der Waals surface area contributed by atoms with Gasteiger partial charge in [0.2, 0.25) is 0 Å². The van der Waals surface area contributed by atoms with Crippen molar-refractivity contribution in [3.8, 4) is 0 Å². The Morgan fingerprint density at radius 3 is 1.78 bits per heavy atom. The van der Waals surface area contributed by atoms with E-state index in [1.54, 1.807) is 0 Å². The third-order valence-electron chi connectivity index (χ3n) is 3.49. The summed E-state index contributed by atoms with van der Waals surface area (Å²) in [4.78, 5) is 0. The normalized spacial score (nSPS) is 21.6. The molecule has 0 aromatic heterocycles. The van der Waals surface area contributed by atoms with E-state index in [4.69, 9.17) is 18.8 Å². The summed E-state index contributed by atoms with van der Waals surface area (Å²) in [5.74, 6) is 0. The van der Waals surface area contributed by atoms with E-state index in [9.17, 15) is 0 Å². The Balaban J connectivity index is 2.73. The van der Waals surface area contributed by atoms with E-state index in [2.05, 4.69) is 6.58 Å². The Morgan fingerprint density at radius 1 is 1.06 bits per heavy atom.